The predicted octanol–water partition coefficient (Wildman–Crippen LogP) is 3.37. The van der Waals surface area contributed by atoms with Crippen LogP contribution in [0.25, 0.3) is 6.08 Å². The fraction of sp³-hybridized carbons (Fsp3) is 0.357. The van der Waals surface area contributed by atoms with E-state index in [1.807, 2.05) is 38.1 Å². The molecule has 0 aliphatic carbocycles. The minimum Gasteiger partial charge on any atom is -0.478 e. The number of hydrogen-bond donors (Lipinski definition) is 1. The van der Waals surface area contributed by atoms with Gasteiger partial charge in [0.05, 0.1) is 0 Å². The van der Waals surface area contributed by atoms with Crippen molar-refractivity contribution in [3.05, 3.63) is 41.0 Å². The maximum Gasteiger partial charge on any atom is 0.331 e. The average Bonchev–Trinajstić information content (AvgIpc) is 2.25. The van der Waals surface area contributed by atoms with Crippen LogP contribution in [-0.4, -0.2) is 11.1 Å². The summed E-state index contributed by atoms with van der Waals surface area (Å²) < 4.78 is 0. The topological polar surface area (TPSA) is 37.3 Å². The van der Waals surface area contributed by atoms with E-state index in [9.17, 15) is 4.79 Å². The molecule has 1 aromatic carbocycles. The molecular formula is C14H18O2. The SMILES string of the molecule is CCc1ccc(/C=C(/C(=O)O)C(C)C)cc1. The van der Waals surface area contributed by atoms with Crippen molar-refractivity contribution in [1.29, 1.82) is 0 Å². The molecule has 1 N–H and O–H groups in total. The monoisotopic (exact) mass is 218 g/mol. The zero-order valence-electron chi connectivity index (χ0n) is 10.0. The molecule has 0 aliphatic rings. The van der Waals surface area contributed by atoms with Crippen molar-refractivity contribution in [2.75, 3.05) is 0 Å². The molecule has 0 amide bonds. The molecule has 1 rings (SSSR count). The Morgan fingerprint density at radius 1 is 1.31 bits per heavy atom. The summed E-state index contributed by atoms with van der Waals surface area (Å²) in [5, 5.41) is 9.04. The van der Waals surface area contributed by atoms with Crippen LogP contribution in [0.2, 0.25) is 0 Å². The van der Waals surface area contributed by atoms with Gasteiger partial charge >= 0.3 is 5.97 Å². The van der Waals surface area contributed by atoms with Gasteiger partial charge in [-0.1, -0.05) is 45.0 Å². The minimum atomic E-state index is -0.838. The van der Waals surface area contributed by atoms with E-state index in [4.69, 9.17) is 5.11 Å². The van der Waals surface area contributed by atoms with Crippen molar-refractivity contribution in [3.63, 3.8) is 0 Å². The molecule has 2 heteroatoms. The Labute approximate surface area is 96.6 Å². The minimum absolute atomic E-state index is 0.0309. The average molecular weight is 218 g/mol. The standard InChI is InChI=1S/C14H18O2/c1-4-11-5-7-12(8-6-11)9-13(10(2)3)14(15)16/h5-10H,4H2,1-3H3,(H,15,16)/b13-9+. The third-order valence-corrected chi connectivity index (χ3v) is 2.58. The van der Waals surface area contributed by atoms with Crippen molar-refractivity contribution in [3.8, 4) is 0 Å². The van der Waals surface area contributed by atoms with Gasteiger partial charge in [-0.25, -0.2) is 4.79 Å². The Bertz CT molecular complexity index is 386. The number of carboxylic acids is 1. The molecule has 0 saturated heterocycles. The van der Waals surface area contributed by atoms with E-state index in [-0.39, 0.29) is 5.92 Å². The Morgan fingerprint density at radius 3 is 2.25 bits per heavy atom. The van der Waals surface area contributed by atoms with Crippen LogP contribution in [-0.2, 0) is 11.2 Å². The van der Waals surface area contributed by atoms with Gasteiger partial charge in [-0.15, -0.1) is 0 Å². The Morgan fingerprint density at radius 2 is 1.88 bits per heavy atom. The van der Waals surface area contributed by atoms with Gasteiger partial charge in [-0.2, -0.15) is 0 Å². The van der Waals surface area contributed by atoms with Gasteiger partial charge in [-0.3, -0.25) is 0 Å². The normalized spacial score (nSPS) is 11.9. The maximum absolute atomic E-state index is 11.0. The second kappa shape index (κ2) is 5.50. The summed E-state index contributed by atoms with van der Waals surface area (Å²) in [7, 11) is 0. The molecule has 0 heterocycles. The van der Waals surface area contributed by atoms with E-state index in [0.29, 0.717) is 5.57 Å². The molecule has 0 fully saturated rings. The molecule has 0 unspecified atom stereocenters. The number of aryl methyl sites for hydroxylation is 1. The molecule has 0 spiro atoms. The van der Waals surface area contributed by atoms with Crippen molar-refractivity contribution in [1.82, 2.24) is 0 Å². The first kappa shape index (κ1) is 12.5. The molecule has 16 heavy (non-hydrogen) atoms. The summed E-state index contributed by atoms with van der Waals surface area (Å²) in [5.74, 6) is -0.807. The third-order valence-electron chi connectivity index (χ3n) is 2.58. The van der Waals surface area contributed by atoms with Crippen molar-refractivity contribution in [2.24, 2.45) is 5.92 Å². The molecule has 0 aromatic heterocycles. The van der Waals surface area contributed by atoms with E-state index in [1.54, 1.807) is 6.08 Å². The van der Waals surface area contributed by atoms with Crippen LogP contribution in [0.15, 0.2) is 29.8 Å². The molecule has 0 aliphatic heterocycles. The molecule has 1 aromatic rings. The zero-order chi connectivity index (χ0) is 12.1. The van der Waals surface area contributed by atoms with Crippen LogP contribution < -0.4 is 0 Å². The molecule has 2 nitrogen and oxygen atoms in total. The van der Waals surface area contributed by atoms with Gasteiger partial charge in [0.2, 0.25) is 0 Å². The predicted molar refractivity (Wildman–Crippen MR) is 66.3 cm³/mol. The van der Waals surface area contributed by atoms with Crippen LogP contribution in [0.3, 0.4) is 0 Å². The van der Waals surface area contributed by atoms with Crippen LogP contribution in [0.5, 0.6) is 0 Å². The second-order valence-electron chi connectivity index (χ2n) is 4.15. The van der Waals surface area contributed by atoms with E-state index < -0.39 is 5.97 Å². The van der Waals surface area contributed by atoms with Crippen LogP contribution in [0.1, 0.15) is 31.9 Å². The highest BCUT2D eigenvalue weighted by atomic mass is 16.4. The molecule has 0 bridgehead atoms. The lowest BCUT2D eigenvalue weighted by molar-refractivity contribution is -0.133. The third kappa shape index (κ3) is 3.23. The van der Waals surface area contributed by atoms with Crippen LogP contribution >= 0.6 is 0 Å². The summed E-state index contributed by atoms with van der Waals surface area (Å²) >= 11 is 0. The Hall–Kier alpha value is -1.57. The molecular weight excluding hydrogens is 200 g/mol. The molecule has 0 saturated carbocycles. The van der Waals surface area contributed by atoms with Gasteiger partial charge in [-0.05, 0) is 29.5 Å². The van der Waals surface area contributed by atoms with E-state index in [1.165, 1.54) is 5.56 Å². The number of benzene rings is 1. The molecule has 0 radical (unpaired) electrons. The summed E-state index contributed by atoms with van der Waals surface area (Å²) in [6.45, 7) is 5.88. The van der Waals surface area contributed by atoms with Gasteiger partial charge in [0.1, 0.15) is 0 Å². The zero-order valence-corrected chi connectivity index (χ0v) is 10.0. The summed E-state index contributed by atoms with van der Waals surface area (Å²) in [6.07, 6.45) is 2.74. The highest BCUT2D eigenvalue weighted by molar-refractivity contribution is 5.92. The largest absolute Gasteiger partial charge is 0.478 e. The number of hydrogen-bond acceptors (Lipinski definition) is 1. The van der Waals surface area contributed by atoms with Crippen molar-refractivity contribution < 1.29 is 9.90 Å². The van der Waals surface area contributed by atoms with Gasteiger partial charge in [0.15, 0.2) is 0 Å². The lowest BCUT2D eigenvalue weighted by atomic mass is 10.00. The summed E-state index contributed by atoms with van der Waals surface area (Å²) in [5.41, 5.74) is 2.66. The number of rotatable bonds is 4. The molecule has 86 valence electrons. The fourth-order valence-corrected chi connectivity index (χ4v) is 1.50. The lowest BCUT2D eigenvalue weighted by Crippen LogP contribution is -2.06. The number of aliphatic carboxylic acids is 1. The summed E-state index contributed by atoms with van der Waals surface area (Å²) in [6, 6.07) is 7.99. The van der Waals surface area contributed by atoms with Gasteiger partial charge < -0.3 is 5.11 Å². The van der Waals surface area contributed by atoms with Crippen LogP contribution in [0.4, 0.5) is 0 Å². The first-order chi connectivity index (χ1) is 7.54. The number of carbonyl (C=O) groups is 1. The smallest absolute Gasteiger partial charge is 0.331 e. The van der Waals surface area contributed by atoms with Gasteiger partial charge in [0, 0.05) is 5.57 Å². The first-order valence-electron chi connectivity index (χ1n) is 5.58. The fourth-order valence-electron chi connectivity index (χ4n) is 1.50. The van der Waals surface area contributed by atoms with Crippen molar-refractivity contribution >= 4 is 12.0 Å². The summed E-state index contributed by atoms with van der Waals surface area (Å²) in [4.78, 5) is 11.0. The lowest BCUT2D eigenvalue weighted by Gasteiger charge is -2.06. The molecule has 0 atom stereocenters. The quantitative estimate of drug-likeness (QED) is 0.787. The van der Waals surface area contributed by atoms with E-state index >= 15 is 0 Å². The Balaban J connectivity index is 2.99. The first-order valence-corrected chi connectivity index (χ1v) is 5.58. The number of carboxylic acid groups (broad SMARTS) is 1. The second-order valence-corrected chi connectivity index (χ2v) is 4.15. The highest BCUT2D eigenvalue weighted by Crippen LogP contribution is 2.15. The Kier molecular flexibility index (Phi) is 4.29. The van der Waals surface area contributed by atoms with E-state index in [0.717, 1.165) is 12.0 Å². The van der Waals surface area contributed by atoms with Gasteiger partial charge in [0.25, 0.3) is 0 Å². The van der Waals surface area contributed by atoms with Crippen molar-refractivity contribution in [2.45, 2.75) is 27.2 Å². The van der Waals surface area contributed by atoms with Crippen LogP contribution in [0, 0.1) is 5.92 Å². The highest BCUT2D eigenvalue weighted by Gasteiger charge is 2.11. The maximum atomic E-state index is 11.0. The van der Waals surface area contributed by atoms with E-state index in [2.05, 4.69) is 6.92 Å².